The number of esters is 1. The van der Waals surface area contributed by atoms with E-state index in [4.69, 9.17) is 4.74 Å². The number of benzene rings is 1. The Morgan fingerprint density at radius 2 is 1.94 bits per heavy atom. The SMILES string of the molecule is C=C[C@]1(C)C[C@@H](OC(=O)c2n[nH]c3ccccc3c2=O)[C@@]2(C)C3C(=O)CC[C@@]3(CC[C@H]2C)[C@@H](C)[C@@H]1O. The molecule has 0 radical (unpaired) electrons. The van der Waals surface area contributed by atoms with E-state index in [2.05, 4.69) is 37.5 Å². The fourth-order valence-corrected chi connectivity index (χ4v) is 7.90. The van der Waals surface area contributed by atoms with Crippen LogP contribution in [0.2, 0.25) is 0 Å². The van der Waals surface area contributed by atoms with Crippen LogP contribution in [-0.4, -0.2) is 39.3 Å². The number of ether oxygens (including phenoxy) is 1. The van der Waals surface area contributed by atoms with Crippen molar-refractivity contribution >= 4 is 22.7 Å². The van der Waals surface area contributed by atoms with E-state index in [0.717, 1.165) is 19.3 Å². The Hall–Kier alpha value is -2.80. The van der Waals surface area contributed by atoms with Gasteiger partial charge >= 0.3 is 5.97 Å². The number of para-hydroxylation sites is 1. The van der Waals surface area contributed by atoms with Crippen LogP contribution < -0.4 is 5.43 Å². The number of carbonyl (C=O) groups excluding carboxylic acids is 2. The van der Waals surface area contributed by atoms with Crippen LogP contribution in [0.5, 0.6) is 0 Å². The third-order valence-electron chi connectivity index (χ3n) is 10.4. The fraction of sp³-hybridized carbons (Fsp3) is 0.586. The molecule has 3 aliphatic carbocycles. The molecule has 3 saturated carbocycles. The lowest BCUT2D eigenvalue weighted by Crippen LogP contribution is -2.63. The molecule has 0 amide bonds. The summed E-state index contributed by atoms with van der Waals surface area (Å²) in [5.74, 6) is -0.946. The zero-order valence-electron chi connectivity index (χ0n) is 21.5. The van der Waals surface area contributed by atoms with Gasteiger partial charge in [-0.25, -0.2) is 4.79 Å². The Morgan fingerprint density at radius 1 is 1.22 bits per heavy atom. The molecule has 0 aliphatic heterocycles. The van der Waals surface area contributed by atoms with Gasteiger partial charge in [0, 0.05) is 28.6 Å². The van der Waals surface area contributed by atoms with Crippen LogP contribution >= 0.6 is 0 Å². The summed E-state index contributed by atoms with van der Waals surface area (Å²) < 4.78 is 6.20. The first-order valence-electron chi connectivity index (χ1n) is 13.0. The monoisotopic (exact) mass is 492 g/mol. The maximum absolute atomic E-state index is 13.5. The molecule has 2 bridgehead atoms. The standard InChI is InChI=1S/C29H36N2O5/c1-6-27(4)15-21(36-26(35)22-23(33)18-9-7-8-10-19(18)30-31-22)28(5)16(2)11-13-29(17(3)25(27)34)14-12-20(32)24(28)29/h6-10,16-17,21,24-25,34H,1,11-15H2,2-5H3,(H,30,33)/t16-,17+,21-,24?,25+,27-,28+,29+/m1/s1. The molecule has 7 nitrogen and oxygen atoms in total. The molecule has 1 aromatic heterocycles. The van der Waals surface area contributed by atoms with E-state index in [1.165, 1.54) is 0 Å². The van der Waals surface area contributed by atoms with Gasteiger partial charge in [0.15, 0.2) is 0 Å². The lowest BCUT2D eigenvalue weighted by Gasteiger charge is -2.61. The summed E-state index contributed by atoms with van der Waals surface area (Å²) in [6, 6.07) is 6.88. The number of fused-ring (bicyclic) bond motifs is 1. The molecule has 8 atom stereocenters. The number of aromatic nitrogens is 2. The number of nitrogens with one attached hydrogen (secondary N) is 1. The van der Waals surface area contributed by atoms with E-state index < -0.39 is 34.4 Å². The molecule has 2 aromatic rings. The number of ketones is 1. The van der Waals surface area contributed by atoms with E-state index in [1.54, 1.807) is 30.3 Å². The second-order valence-electron chi connectivity index (χ2n) is 11.9. The van der Waals surface area contributed by atoms with Gasteiger partial charge in [-0.15, -0.1) is 6.58 Å². The predicted octanol–water partition coefficient (Wildman–Crippen LogP) is 4.44. The number of carbonyl (C=O) groups is 2. The number of rotatable bonds is 3. The molecule has 0 spiro atoms. The van der Waals surface area contributed by atoms with Gasteiger partial charge in [-0.05, 0) is 55.1 Å². The highest BCUT2D eigenvalue weighted by molar-refractivity contribution is 5.91. The van der Waals surface area contributed by atoms with Crippen molar-refractivity contribution in [1.82, 2.24) is 10.2 Å². The van der Waals surface area contributed by atoms with Crippen molar-refractivity contribution in [3.8, 4) is 0 Å². The molecule has 192 valence electrons. The van der Waals surface area contributed by atoms with Gasteiger partial charge in [-0.3, -0.25) is 14.7 Å². The maximum atomic E-state index is 13.5. The Kier molecular flexibility index (Phi) is 5.78. The summed E-state index contributed by atoms with van der Waals surface area (Å²) in [6.45, 7) is 12.2. The fourth-order valence-electron chi connectivity index (χ4n) is 7.90. The van der Waals surface area contributed by atoms with Crippen LogP contribution in [0.1, 0.15) is 70.3 Å². The molecule has 1 unspecified atom stereocenters. The second-order valence-corrected chi connectivity index (χ2v) is 11.9. The van der Waals surface area contributed by atoms with Crippen LogP contribution in [0.25, 0.3) is 10.9 Å². The number of hydrogen-bond donors (Lipinski definition) is 2. The number of aromatic amines is 1. The van der Waals surface area contributed by atoms with Crippen molar-refractivity contribution in [2.24, 2.45) is 34.0 Å². The average Bonchev–Trinajstić information content (AvgIpc) is 3.23. The lowest BCUT2D eigenvalue weighted by atomic mass is 9.44. The lowest BCUT2D eigenvalue weighted by molar-refractivity contribution is -0.192. The van der Waals surface area contributed by atoms with Gasteiger partial charge in [-0.2, -0.15) is 5.10 Å². The molecule has 3 fully saturated rings. The van der Waals surface area contributed by atoms with Crippen LogP contribution in [-0.2, 0) is 9.53 Å². The van der Waals surface area contributed by atoms with Crippen molar-refractivity contribution in [3.63, 3.8) is 0 Å². The van der Waals surface area contributed by atoms with E-state index in [1.807, 2.05) is 6.92 Å². The first-order valence-corrected chi connectivity index (χ1v) is 13.0. The summed E-state index contributed by atoms with van der Waals surface area (Å²) in [5, 5.41) is 18.8. The molecule has 2 N–H and O–H groups in total. The summed E-state index contributed by atoms with van der Waals surface area (Å²) >= 11 is 0. The van der Waals surface area contributed by atoms with Crippen molar-refractivity contribution in [2.45, 2.75) is 72.0 Å². The van der Waals surface area contributed by atoms with Crippen LogP contribution in [0.15, 0.2) is 41.7 Å². The molecule has 1 aromatic carbocycles. The van der Waals surface area contributed by atoms with Crippen molar-refractivity contribution in [1.29, 1.82) is 0 Å². The number of aliphatic hydroxyl groups is 1. The summed E-state index contributed by atoms with van der Waals surface area (Å²) in [4.78, 5) is 40.1. The molecule has 0 saturated heterocycles. The molecular formula is C29H36N2O5. The third-order valence-corrected chi connectivity index (χ3v) is 10.4. The highest BCUT2D eigenvalue weighted by Gasteiger charge is 2.68. The predicted molar refractivity (Wildman–Crippen MR) is 136 cm³/mol. The van der Waals surface area contributed by atoms with Gasteiger partial charge in [0.25, 0.3) is 0 Å². The van der Waals surface area contributed by atoms with Crippen molar-refractivity contribution in [2.75, 3.05) is 0 Å². The number of nitrogens with zero attached hydrogens (tertiary/aromatic N) is 1. The van der Waals surface area contributed by atoms with Crippen LogP contribution in [0.4, 0.5) is 0 Å². The quantitative estimate of drug-likeness (QED) is 0.484. The first-order chi connectivity index (χ1) is 17.0. The minimum atomic E-state index is -0.809. The van der Waals surface area contributed by atoms with E-state index >= 15 is 0 Å². The molecule has 3 aliphatic rings. The average molecular weight is 493 g/mol. The Labute approximate surface area is 211 Å². The van der Waals surface area contributed by atoms with E-state index in [0.29, 0.717) is 23.7 Å². The van der Waals surface area contributed by atoms with Crippen LogP contribution in [0, 0.1) is 34.0 Å². The van der Waals surface area contributed by atoms with Crippen molar-refractivity contribution in [3.05, 3.63) is 52.8 Å². The Morgan fingerprint density at radius 3 is 2.67 bits per heavy atom. The largest absolute Gasteiger partial charge is 0.457 e. The molecule has 5 rings (SSSR count). The number of aliphatic hydroxyl groups excluding tert-OH is 1. The highest BCUT2D eigenvalue weighted by Crippen LogP contribution is 2.68. The number of Topliss-reactive ketones (excluding diaryl/α,β-unsaturated/α-hetero) is 1. The van der Waals surface area contributed by atoms with Gasteiger partial charge in [-0.1, -0.05) is 45.9 Å². The highest BCUT2D eigenvalue weighted by atomic mass is 16.5. The van der Waals surface area contributed by atoms with E-state index in [9.17, 15) is 19.5 Å². The van der Waals surface area contributed by atoms with Gasteiger partial charge < -0.3 is 9.84 Å². The summed E-state index contributed by atoms with van der Waals surface area (Å²) in [5.41, 5.74) is -2.00. The second kappa shape index (κ2) is 8.37. The zero-order chi connectivity index (χ0) is 26.0. The summed E-state index contributed by atoms with van der Waals surface area (Å²) in [6.07, 6.45) is 3.56. The maximum Gasteiger partial charge on any atom is 0.363 e. The Balaban J connectivity index is 1.63. The topological polar surface area (TPSA) is 109 Å². The normalized spacial score (nSPS) is 40.2. The third kappa shape index (κ3) is 3.28. The van der Waals surface area contributed by atoms with Gasteiger partial charge in [0.1, 0.15) is 11.9 Å². The molecule has 36 heavy (non-hydrogen) atoms. The molecule has 1 heterocycles. The minimum Gasteiger partial charge on any atom is -0.457 e. The first kappa shape index (κ1) is 24.9. The molecule has 7 heteroatoms. The van der Waals surface area contributed by atoms with Crippen LogP contribution in [0.3, 0.4) is 0 Å². The van der Waals surface area contributed by atoms with Gasteiger partial charge in [0.2, 0.25) is 11.1 Å². The minimum absolute atomic E-state index is 0.106. The van der Waals surface area contributed by atoms with Crippen molar-refractivity contribution < 1.29 is 19.4 Å². The zero-order valence-corrected chi connectivity index (χ0v) is 21.5. The Bertz CT molecular complexity index is 1300. The summed E-state index contributed by atoms with van der Waals surface area (Å²) in [7, 11) is 0. The van der Waals surface area contributed by atoms with E-state index in [-0.39, 0.29) is 34.6 Å². The smallest absolute Gasteiger partial charge is 0.363 e. The van der Waals surface area contributed by atoms with Gasteiger partial charge in [0.05, 0.1) is 11.6 Å². The number of hydrogen-bond acceptors (Lipinski definition) is 6. The molecular weight excluding hydrogens is 456 g/mol. The number of H-pyrrole nitrogens is 1.